The molecular weight excluding hydrogens is 260 g/mol. The van der Waals surface area contributed by atoms with Crippen LogP contribution in [0, 0.1) is 0 Å². The van der Waals surface area contributed by atoms with Crippen LogP contribution in [0.3, 0.4) is 0 Å². The number of H-pyrrole nitrogens is 1. The molecule has 1 atom stereocenters. The van der Waals surface area contributed by atoms with E-state index >= 15 is 0 Å². The van der Waals surface area contributed by atoms with Crippen LogP contribution in [0.5, 0.6) is 0 Å². The molecule has 2 amide bonds. The summed E-state index contributed by atoms with van der Waals surface area (Å²) in [6.45, 7) is 4.36. The molecule has 1 fully saturated rings. The van der Waals surface area contributed by atoms with Crippen LogP contribution in [0.4, 0.5) is 10.7 Å². The number of aromatic nitrogens is 3. The predicted molar refractivity (Wildman–Crippen MR) is 74.5 cm³/mol. The Balaban J connectivity index is 1.84. The Morgan fingerprint density at radius 2 is 2.40 bits per heavy atom. The summed E-state index contributed by atoms with van der Waals surface area (Å²) in [5.41, 5.74) is 0. The van der Waals surface area contributed by atoms with Gasteiger partial charge in [0.25, 0.3) is 0 Å². The number of carbonyl (C=O) groups excluding carboxylic acids is 1. The predicted octanol–water partition coefficient (Wildman–Crippen LogP) is 0.191. The molecule has 1 aromatic heterocycles. The highest BCUT2D eigenvalue weighted by Gasteiger charge is 2.19. The average Bonchev–Trinajstić information content (AvgIpc) is 2.78. The molecule has 1 saturated heterocycles. The highest BCUT2D eigenvalue weighted by atomic mass is 16.5. The molecule has 2 heterocycles. The fraction of sp³-hybridized carbons (Fsp3) is 0.750. The topological polar surface area (TPSA) is 86.4 Å². The van der Waals surface area contributed by atoms with Gasteiger partial charge in [-0.2, -0.15) is 4.98 Å². The third kappa shape index (κ3) is 3.83. The third-order valence-electron chi connectivity index (χ3n) is 3.07. The number of nitrogens with one attached hydrogen (secondary N) is 2. The van der Waals surface area contributed by atoms with Crippen LogP contribution in [0.1, 0.15) is 19.2 Å². The first kappa shape index (κ1) is 14.6. The van der Waals surface area contributed by atoms with Crippen LogP contribution in [-0.4, -0.2) is 66.0 Å². The molecule has 8 nitrogen and oxygen atoms in total. The zero-order valence-corrected chi connectivity index (χ0v) is 12.2. The quantitative estimate of drug-likeness (QED) is 0.826. The van der Waals surface area contributed by atoms with Crippen LogP contribution in [0.2, 0.25) is 0 Å². The van der Waals surface area contributed by atoms with E-state index in [2.05, 4.69) is 20.5 Å². The summed E-state index contributed by atoms with van der Waals surface area (Å²) >= 11 is 0. The van der Waals surface area contributed by atoms with E-state index in [-0.39, 0.29) is 12.1 Å². The molecule has 1 unspecified atom stereocenters. The summed E-state index contributed by atoms with van der Waals surface area (Å²) in [6, 6.07) is -0.0925. The molecule has 2 N–H and O–H groups in total. The third-order valence-corrected chi connectivity index (χ3v) is 3.07. The Kier molecular flexibility index (Phi) is 4.78. The Morgan fingerprint density at radius 1 is 1.60 bits per heavy atom. The molecule has 1 aliphatic rings. The van der Waals surface area contributed by atoms with Gasteiger partial charge in [0.1, 0.15) is 5.82 Å². The van der Waals surface area contributed by atoms with Crippen molar-refractivity contribution in [1.29, 1.82) is 0 Å². The molecule has 8 heteroatoms. The standard InChI is InChI=1S/C12H22N6O2/c1-9-8-18(5-4-6-20-9)12(19)13-7-10-14-11(16-15-10)17(2)3/h9H,4-8H2,1-3H3,(H,13,19)(H,14,15,16). The van der Waals surface area contributed by atoms with E-state index in [0.29, 0.717) is 31.5 Å². The summed E-state index contributed by atoms with van der Waals surface area (Å²) in [4.78, 5) is 19.9. The Bertz CT molecular complexity index is 447. The number of aromatic amines is 1. The second-order valence-electron chi connectivity index (χ2n) is 5.12. The van der Waals surface area contributed by atoms with Gasteiger partial charge >= 0.3 is 6.03 Å². The Morgan fingerprint density at radius 3 is 3.10 bits per heavy atom. The minimum Gasteiger partial charge on any atom is -0.377 e. The molecule has 0 bridgehead atoms. The number of anilines is 1. The van der Waals surface area contributed by atoms with Gasteiger partial charge in [0.05, 0.1) is 12.6 Å². The van der Waals surface area contributed by atoms with Gasteiger partial charge < -0.3 is 19.9 Å². The van der Waals surface area contributed by atoms with Gasteiger partial charge in [-0.15, -0.1) is 5.10 Å². The number of rotatable bonds is 3. The summed E-state index contributed by atoms with van der Waals surface area (Å²) in [5, 5.41) is 9.69. The Hall–Kier alpha value is -1.83. The minimum absolute atomic E-state index is 0.0777. The Labute approximate surface area is 118 Å². The van der Waals surface area contributed by atoms with Crippen molar-refractivity contribution in [3.63, 3.8) is 0 Å². The smallest absolute Gasteiger partial charge is 0.317 e. The monoisotopic (exact) mass is 282 g/mol. The van der Waals surface area contributed by atoms with Crippen LogP contribution < -0.4 is 10.2 Å². The van der Waals surface area contributed by atoms with Gasteiger partial charge in [-0.3, -0.25) is 5.10 Å². The maximum atomic E-state index is 12.1. The highest BCUT2D eigenvalue weighted by Crippen LogP contribution is 2.06. The van der Waals surface area contributed by atoms with Crippen molar-refractivity contribution in [3.05, 3.63) is 5.82 Å². The summed E-state index contributed by atoms with van der Waals surface area (Å²) in [7, 11) is 3.73. The number of ether oxygens (including phenoxy) is 1. The number of urea groups is 1. The number of nitrogens with zero attached hydrogens (tertiary/aromatic N) is 4. The van der Waals surface area contributed by atoms with E-state index in [1.54, 1.807) is 9.80 Å². The van der Waals surface area contributed by atoms with Crippen LogP contribution in [0.15, 0.2) is 0 Å². The van der Waals surface area contributed by atoms with Crippen molar-refractivity contribution in [1.82, 2.24) is 25.4 Å². The molecule has 1 aromatic rings. The summed E-state index contributed by atoms with van der Waals surface area (Å²) in [5.74, 6) is 1.24. The molecule has 20 heavy (non-hydrogen) atoms. The molecule has 0 saturated carbocycles. The van der Waals surface area contributed by atoms with Crippen LogP contribution in [0.25, 0.3) is 0 Å². The van der Waals surface area contributed by atoms with E-state index in [0.717, 1.165) is 13.0 Å². The zero-order valence-electron chi connectivity index (χ0n) is 12.2. The number of hydrogen-bond donors (Lipinski definition) is 2. The summed E-state index contributed by atoms with van der Waals surface area (Å²) in [6.07, 6.45) is 0.944. The molecule has 0 aromatic carbocycles. The average molecular weight is 282 g/mol. The second-order valence-corrected chi connectivity index (χ2v) is 5.12. The fourth-order valence-corrected chi connectivity index (χ4v) is 2.01. The largest absolute Gasteiger partial charge is 0.377 e. The molecule has 2 rings (SSSR count). The van der Waals surface area contributed by atoms with Crippen molar-refractivity contribution in [2.45, 2.75) is 26.0 Å². The van der Waals surface area contributed by atoms with Gasteiger partial charge in [0, 0.05) is 33.8 Å². The SMILES string of the molecule is CC1CN(C(=O)NCc2nc(N(C)C)n[nH]2)CCCO1. The first-order valence-electron chi connectivity index (χ1n) is 6.79. The van der Waals surface area contributed by atoms with Gasteiger partial charge in [-0.25, -0.2) is 4.79 Å². The normalized spacial score (nSPS) is 19.6. The molecular formula is C12H22N6O2. The van der Waals surface area contributed by atoms with E-state index in [4.69, 9.17) is 4.74 Å². The van der Waals surface area contributed by atoms with E-state index < -0.39 is 0 Å². The van der Waals surface area contributed by atoms with Crippen molar-refractivity contribution in [3.8, 4) is 0 Å². The number of carbonyl (C=O) groups is 1. The molecule has 0 spiro atoms. The molecule has 0 aliphatic carbocycles. The van der Waals surface area contributed by atoms with Crippen LogP contribution >= 0.6 is 0 Å². The fourth-order valence-electron chi connectivity index (χ4n) is 2.01. The van der Waals surface area contributed by atoms with Crippen molar-refractivity contribution in [2.24, 2.45) is 0 Å². The van der Waals surface area contributed by atoms with Gasteiger partial charge in [0.2, 0.25) is 5.95 Å². The van der Waals surface area contributed by atoms with Gasteiger partial charge in [-0.1, -0.05) is 0 Å². The molecule has 0 radical (unpaired) electrons. The summed E-state index contributed by atoms with van der Waals surface area (Å²) < 4.78 is 5.52. The lowest BCUT2D eigenvalue weighted by molar-refractivity contribution is 0.0710. The molecule has 1 aliphatic heterocycles. The van der Waals surface area contributed by atoms with E-state index in [9.17, 15) is 4.79 Å². The van der Waals surface area contributed by atoms with Crippen LogP contribution in [-0.2, 0) is 11.3 Å². The van der Waals surface area contributed by atoms with Gasteiger partial charge in [-0.05, 0) is 13.3 Å². The lowest BCUT2D eigenvalue weighted by atomic mass is 10.3. The maximum absolute atomic E-state index is 12.1. The number of amides is 2. The van der Waals surface area contributed by atoms with Crippen molar-refractivity contribution >= 4 is 12.0 Å². The van der Waals surface area contributed by atoms with Crippen molar-refractivity contribution in [2.75, 3.05) is 38.7 Å². The zero-order chi connectivity index (χ0) is 14.5. The first-order valence-corrected chi connectivity index (χ1v) is 6.79. The van der Waals surface area contributed by atoms with E-state index in [1.165, 1.54) is 0 Å². The van der Waals surface area contributed by atoms with E-state index in [1.807, 2.05) is 21.0 Å². The first-order chi connectivity index (χ1) is 9.56. The lowest BCUT2D eigenvalue weighted by Crippen LogP contribution is -2.42. The molecule has 112 valence electrons. The maximum Gasteiger partial charge on any atom is 0.317 e. The highest BCUT2D eigenvalue weighted by molar-refractivity contribution is 5.74. The minimum atomic E-state index is -0.0925. The van der Waals surface area contributed by atoms with Gasteiger partial charge in [0.15, 0.2) is 0 Å². The lowest BCUT2D eigenvalue weighted by Gasteiger charge is -2.22. The second kappa shape index (κ2) is 6.56. The number of hydrogen-bond acceptors (Lipinski definition) is 5. The van der Waals surface area contributed by atoms with Crippen molar-refractivity contribution < 1.29 is 9.53 Å².